The molecule has 0 spiro atoms. The zero-order valence-electron chi connectivity index (χ0n) is 20.6. The molecule has 1 aliphatic rings. The Bertz CT molecular complexity index is 2020. The first-order chi connectivity index (χ1) is 19.5. The summed E-state index contributed by atoms with van der Waals surface area (Å²) in [6, 6.07) is 15.7. The van der Waals surface area contributed by atoms with E-state index in [2.05, 4.69) is 0 Å². The van der Waals surface area contributed by atoms with E-state index in [-0.39, 0.29) is 35.1 Å². The summed E-state index contributed by atoms with van der Waals surface area (Å²) >= 11 is 15.2. The topological polar surface area (TPSA) is 78.9 Å². The maximum atomic E-state index is 13.4. The van der Waals surface area contributed by atoms with Crippen LogP contribution in [-0.4, -0.2) is 6.61 Å². The summed E-state index contributed by atoms with van der Waals surface area (Å²) in [5.41, 5.74) is 1.32. The number of halogens is 2. The molecule has 0 fully saturated rings. The molecular weight excluding hydrogens is 591 g/mol. The van der Waals surface area contributed by atoms with Gasteiger partial charge >= 0.3 is 0 Å². The van der Waals surface area contributed by atoms with Crippen LogP contribution in [0.3, 0.4) is 0 Å². The molecule has 1 unspecified atom stereocenters. The van der Waals surface area contributed by atoms with Gasteiger partial charge in [-0.05, 0) is 72.1 Å². The normalized spacial score (nSPS) is 14.2. The lowest BCUT2D eigenvalue weighted by Gasteiger charge is -2.25. The van der Waals surface area contributed by atoms with Crippen LogP contribution in [0.25, 0.3) is 43.2 Å². The molecule has 0 saturated carbocycles. The van der Waals surface area contributed by atoms with Gasteiger partial charge in [-0.15, -0.1) is 22.7 Å². The number of ether oxygens (including phenoxy) is 2. The van der Waals surface area contributed by atoms with Crippen molar-refractivity contribution in [2.75, 3.05) is 6.61 Å². The van der Waals surface area contributed by atoms with E-state index >= 15 is 0 Å². The Morgan fingerprint density at radius 2 is 1.55 bits per heavy atom. The van der Waals surface area contributed by atoms with Crippen LogP contribution in [-0.2, 0) is 0 Å². The highest BCUT2D eigenvalue weighted by atomic mass is 35.5. The van der Waals surface area contributed by atoms with Gasteiger partial charge < -0.3 is 18.3 Å². The average Bonchev–Trinajstić information content (AvgIpc) is 3.66. The molecule has 2 aromatic carbocycles. The van der Waals surface area contributed by atoms with E-state index in [9.17, 15) is 9.59 Å². The van der Waals surface area contributed by atoms with E-state index in [1.165, 1.54) is 22.7 Å². The molecule has 6 aromatic rings. The SMILES string of the molecule is O=c1c(OCCCC2Oc3c(oc4ccc(Cl)cc4c3=O)-c3sccc32)c(-c2cccs2)oc2ccc(Cl)cc12. The van der Waals surface area contributed by atoms with E-state index < -0.39 is 0 Å². The fourth-order valence-electron chi connectivity index (χ4n) is 4.88. The Balaban J connectivity index is 1.16. The van der Waals surface area contributed by atoms with Gasteiger partial charge in [0.1, 0.15) is 17.3 Å². The first-order valence-corrected chi connectivity index (χ1v) is 14.9. The minimum Gasteiger partial charge on any atom is -0.486 e. The van der Waals surface area contributed by atoms with Crippen molar-refractivity contribution in [2.45, 2.75) is 18.9 Å². The van der Waals surface area contributed by atoms with E-state index in [1.807, 2.05) is 29.0 Å². The molecule has 0 amide bonds. The average molecular weight is 610 g/mol. The van der Waals surface area contributed by atoms with Crippen molar-refractivity contribution in [3.63, 3.8) is 0 Å². The van der Waals surface area contributed by atoms with Crippen molar-refractivity contribution in [3.8, 4) is 32.8 Å². The van der Waals surface area contributed by atoms with Gasteiger partial charge in [0.25, 0.3) is 0 Å². The number of hydrogen-bond acceptors (Lipinski definition) is 8. The molecule has 1 atom stereocenters. The maximum Gasteiger partial charge on any atom is 0.235 e. The summed E-state index contributed by atoms with van der Waals surface area (Å²) < 4.78 is 24.5. The maximum absolute atomic E-state index is 13.4. The number of hydrogen-bond donors (Lipinski definition) is 0. The summed E-state index contributed by atoms with van der Waals surface area (Å²) in [7, 11) is 0. The Hall–Kier alpha value is -3.56. The first-order valence-electron chi connectivity index (χ1n) is 12.4. The first kappa shape index (κ1) is 25.4. The quantitative estimate of drug-likeness (QED) is 0.176. The van der Waals surface area contributed by atoms with Gasteiger partial charge in [0.2, 0.25) is 22.4 Å². The second kappa shape index (κ2) is 10.1. The molecule has 4 aromatic heterocycles. The van der Waals surface area contributed by atoms with Crippen molar-refractivity contribution in [1.82, 2.24) is 0 Å². The van der Waals surface area contributed by atoms with Gasteiger partial charge in [-0.3, -0.25) is 9.59 Å². The lowest BCUT2D eigenvalue weighted by Crippen LogP contribution is -2.19. The second-order valence-electron chi connectivity index (χ2n) is 9.24. The van der Waals surface area contributed by atoms with Gasteiger partial charge in [-0.2, -0.15) is 0 Å². The third-order valence-electron chi connectivity index (χ3n) is 6.73. The molecule has 10 heteroatoms. The molecule has 0 N–H and O–H groups in total. The standard InChI is InChI=1S/C30H18Cl2O6S2/c31-15-5-7-21-18(13-15)24(33)27(26(36-21)23-4-2-11-39-23)35-10-1-3-20-17-9-12-40-30(17)29-28(37-20)25(34)19-14-16(32)6-8-22(19)38-29/h2,4-9,11-14,20H,1,3,10H2. The molecule has 5 heterocycles. The van der Waals surface area contributed by atoms with Crippen LogP contribution in [0.5, 0.6) is 11.5 Å². The summed E-state index contributed by atoms with van der Waals surface area (Å²) in [6.45, 7) is 0.239. The Kier molecular flexibility index (Phi) is 6.43. The van der Waals surface area contributed by atoms with Crippen molar-refractivity contribution in [2.24, 2.45) is 0 Å². The molecule has 40 heavy (non-hydrogen) atoms. The Morgan fingerprint density at radius 1 is 0.825 bits per heavy atom. The highest BCUT2D eigenvalue weighted by Gasteiger charge is 2.32. The molecule has 0 radical (unpaired) electrons. The summed E-state index contributed by atoms with van der Waals surface area (Å²) in [5, 5.41) is 5.49. The third kappa shape index (κ3) is 4.32. The zero-order valence-corrected chi connectivity index (χ0v) is 23.7. The van der Waals surface area contributed by atoms with Crippen LogP contribution in [0.2, 0.25) is 10.0 Å². The lowest BCUT2D eigenvalue weighted by molar-refractivity contribution is 0.171. The lowest BCUT2D eigenvalue weighted by atomic mass is 10.0. The number of rotatable bonds is 6. The van der Waals surface area contributed by atoms with E-state index in [0.29, 0.717) is 56.3 Å². The van der Waals surface area contributed by atoms with Crippen molar-refractivity contribution < 1.29 is 18.3 Å². The van der Waals surface area contributed by atoms with Crippen molar-refractivity contribution in [3.05, 3.63) is 101 Å². The fraction of sp³-hybridized carbons (Fsp3) is 0.133. The minimum absolute atomic E-state index is 0.146. The summed E-state index contributed by atoms with van der Waals surface area (Å²) in [5.74, 6) is 1.15. The Morgan fingerprint density at radius 3 is 2.27 bits per heavy atom. The van der Waals surface area contributed by atoms with Crippen molar-refractivity contribution >= 4 is 67.8 Å². The fourth-order valence-corrected chi connectivity index (χ4v) is 6.85. The number of thiophene rings is 2. The zero-order chi connectivity index (χ0) is 27.4. The monoisotopic (exact) mass is 608 g/mol. The predicted molar refractivity (Wildman–Crippen MR) is 160 cm³/mol. The van der Waals surface area contributed by atoms with Crippen molar-refractivity contribution in [1.29, 1.82) is 0 Å². The smallest absolute Gasteiger partial charge is 0.235 e. The molecule has 0 saturated heterocycles. The van der Waals surface area contributed by atoms with Crippen LogP contribution < -0.4 is 20.3 Å². The highest BCUT2D eigenvalue weighted by Crippen LogP contribution is 2.46. The van der Waals surface area contributed by atoms with Gasteiger partial charge in [0.15, 0.2) is 11.5 Å². The predicted octanol–water partition coefficient (Wildman–Crippen LogP) is 8.96. The molecule has 200 valence electrons. The van der Waals surface area contributed by atoms with E-state index in [1.54, 1.807) is 36.4 Å². The van der Waals surface area contributed by atoms with Crippen LogP contribution in [0.1, 0.15) is 24.5 Å². The molecule has 1 aliphatic heterocycles. The number of fused-ring (bicyclic) bond motifs is 5. The molecule has 0 bridgehead atoms. The Labute approximate surface area is 244 Å². The molecule has 6 nitrogen and oxygen atoms in total. The molecular formula is C30H18Cl2O6S2. The second-order valence-corrected chi connectivity index (χ2v) is 12.0. The van der Waals surface area contributed by atoms with Crippen LogP contribution in [0, 0.1) is 0 Å². The van der Waals surface area contributed by atoms with Gasteiger partial charge in [-0.25, -0.2) is 0 Å². The van der Waals surface area contributed by atoms with Gasteiger partial charge in [0, 0.05) is 15.6 Å². The van der Waals surface area contributed by atoms with Gasteiger partial charge in [-0.1, -0.05) is 29.3 Å². The summed E-state index contributed by atoms with van der Waals surface area (Å²) in [4.78, 5) is 28.4. The minimum atomic E-state index is -0.375. The summed E-state index contributed by atoms with van der Waals surface area (Å²) in [6.07, 6.45) is 0.729. The van der Waals surface area contributed by atoms with Crippen LogP contribution in [0.4, 0.5) is 0 Å². The molecule has 0 aliphatic carbocycles. The van der Waals surface area contributed by atoms with Gasteiger partial charge in [0.05, 0.1) is 27.1 Å². The molecule has 7 rings (SSSR count). The van der Waals surface area contributed by atoms with E-state index in [0.717, 1.165) is 15.3 Å². The van der Waals surface area contributed by atoms with E-state index in [4.69, 9.17) is 41.5 Å². The number of benzene rings is 2. The van der Waals surface area contributed by atoms with Crippen LogP contribution in [0.15, 0.2) is 83.8 Å². The largest absolute Gasteiger partial charge is 0.486 e. The van der Waals surface area contributed by atoms with Crippen LogP contribution >= 0.6 is 45.9 Å². The third-order valence-corrected chi connectivity index (χ3v) is 9.00. The highest BCUT2D eigenvalue weighted by molar-refractivity contribution is 7.14.